The Labute approximate surface area is 244 Å². The van der Waals surface area contributed by atoms with E-state index in [0.717, 1.165) is 54.9 Å². The van der Waals surface area contributed by atoms with E-state index in [4.69, 9.17) is 4.42 Å². The van der Waals surface area contributed by atoms with Crippen molar-refractivity contribution in [3.05, 3.63) is 174 Å². The third-order valence-electron chi connectivity index (χ3n) is 9.17. The molecule has 1 atom stereocenters. The standard InChI is InChI=1S/C39H25O2P/c40-42(26-14-3-1-4-15-26,27-16-5-2-6-17-27)35-25-13-23-33-36(35)28-18-7-10-21-31(28)39(33)32-22-11-8-19-29(32)38-37(39)30-20-9-12-24-34(30)41-38/h1-25H. The molecule has 3 heteroatoms. The van der Waals surface area contributed by atoms with Crippen LogP contribution in [0, 0.1) is 0 Å². The Kier molecular flexibility index (Phi) is 4.84. The van der Waals surface area contributed by atoms with E-state index in [-0.39, 0.29) is 0 Å². The lowest BCUT2D eigenvalue weighted by Crippen LogP contribution is -2.29. The summed E-state index contributed by atoms with van der Waals surface area (Å²) in [4.78, 5) is 0. The van der Waals surface area contributed by atoms with E-state index in [1.807, 2.05) is 66.7 Å². The van der Waals surface area contributed by atoms with Gasteiger partial charge in [0.15, 0.2) is 7.14 Å². The topological polar surface area (TPSA) is 30.2 Å². The minimum atomic E-state index is -3.26. The Hall–Kier alpha value is -4.91. The van der Waals surface area contributed by atoms with Crippen molar-refractivity contribution in [1.29, 1.82) is 0 Å². The molecule has 0 amide bonds. The molecule has 0 aliphatic heterocycles. The molecular weight excluding hydrogens is 531 g/mol. The summed E-state index contributed by atoms with van der Waals surface area (Å²) in [6.07, 6.45) is 0. The Morgan fingerprint density at radius 3 is 1.76 bits per heavy atom. The first-order chi connectivity index (χ1) is 20.7. The fourth-order valence-electron chi connectivity index (χ4n) is 7.58. The highest BCUT2D eigenvalue weighted by molar-refractivity contribution is 7.85. The fourth-order valence-corrected chi connectivity index (χ4v) is 10.5. The van der Waals surface area contributed by atoms with Crippen LogP contribution >= 0.6 is 7.14 Å². The normalized spacial score (nSPS) is 16.3. The number of hydrogen-bond donors (Lipinski definition) is 0. The van der Waals surface area contributed by atoms with Crippen LogP contribution < -0.4 is 15.9 Å². The van der Waals surface area contributed by atoms with E-state index in [0.29, 0.717) is 0 Å². The summed E-state index contributed by atoms with van der Waals surface area (Å²) in [6.45, 7) is 0. The van der Waals surface area contributed by atoms with Crippen molar-refractivity contribution in [2.24, 2.45) is 0 Å². The van der Waals surface area contributed by atoms with Crippen molar-refractivity contribution in [1.82, 2.24) is 0 Å². The Morgan fingerprint density at radius 2 is 1.05 bits per heavy atom. The van der Waals surface area contributed by atoms with Gasteiger partial charge in [0.1, 0.15) is 11.3 Å². The molecule has 1 aromatic heterocycles. The van der Waals surface area contributed by atoms with Crippen molar-refractivity contribution >= 4 is 34.0 Å². The molecule has 2 aliphatic rings. The third-order valence-corrected chi connectivity index (χ3v) is 12.3. The van der Waals surface area contributed by atoms with Crippen LogP contribution in [0.15, 0.2) is 156 Å². The second-order valence-corrected chi connectivity index (χ2v) is 13.9. The first kappa shape index (κ1) is 23.8. The SMILES string of the molecule is O=P(c1ccccc1)(c1ccccc1)c1cccc2c1-c1ccccc1C21c2ccccc2-c2oc3ccccc3c21. The molecule has 7 aromatic rings. The maximum Gasteiger partial charge on any atom is 0.171 e. The van der Waals surface area contributed by atoms with E-state index >= 15 is 4.57 Å². The van der Waals surface area contributed by atoms with Gasteiger partial charge in [0.05, 0.1) is 5.41 Å². The third kappa shape index (κ3) is 2.83. The molecule has 42 heavy (non-hydrogen) atoms. The maximum atomic E-state index is 15.8. The zero-order chi connectivity index (χ0) is 27.9. The second-order valence-electron chi connectivity index (χ2n) is 11.1. The van der Waals surface area contributed by atoms with Crippen LogP contribution in [0.25, 0.3) is 33.4 Å². The lowest BCUT2D eigenvalue weighted by Gasteiger charge is -2.30. The fraction of sp³-hybridized carbons (Fsp3) is 0.0256. The molecule has 2 nitrogen and oxygen atoms in total. The summed E-state index contributed by atoms with van der Waals surface area (Å²) in [5.74, 6) is 0.925. The lowest BCUT2D eigenvalue weighted by molar-refractivity contribution is 0.592. The monoisotopic (exact) mass is 556 g/mol. The molecular formula is C39H25O2P. The maximum absolute atomic E-state index is 15.8. The molecule has 1 unspecified atom stereocenters. The minimum absolute atomic E-state index is 0.585. The van der Waals surface area contributed by atoms with Gasteiger partial charge in [-0.3, -0.25) is 0 Å². The average molecular weight is 557 g/mol. The van der Waals surface area contributed by atoms with E-state index in [9.17, 15) is 0 Å². The Balaban J connectivity index is 1.47. The van der Waals surface area contributed by atoms with Gasteiger partial charge >= 0.3 is 0 Å². The Morgan fingerprint density at radius 1 is 0.500 bits per heavy atom. The van der Waals surface area contributed by atoms with Crippen LogP contribution in [-0.4, -0.2) is 0 Å². The highest BCUT2D eigenvalue weighted by Crippen LogP contribution is 2.65. The summed E-state index contributed by atoms with van der Waals surface area (Å²) in [5, 5.41) is 3.67. The van der Waals surface area contributed by atoms with Crippen LogP contribution in [0.5, 0.6) is 0 Å². The van der Waals surface area contributed by atoms with Crippen molar-refractivity contribution < 1.29 is 8.98 Å². The largest absolute Gasteiger partial charge is 0.456 e. The summed E-state index contributed by atoms with van der Waals surface area (Å²) in [7, 11) is -3.26. The zero-order valence-corrected chi connectivity index (χ0v) is 23.6. The van der Waals surface area contributed by atoms with Gasteiger partial charge < -0.3 is 8.98 Å². The number of para-hydroxylation sites is 1. The number of hydrogen-bond acceptors (Lipinski definition) is 2. The summed E-state index contributed by atoms with van der Waals surface area (Å²) < 4.78 is 22.5. The number of benzene rings is 6. The molecule has 0 N–H and O–H groups in total. The number of fused-ring (bicyclic) bond motifs is 12. The number of furan rings is 1. The van der Waals surface area contributed by atoms with Gasteiger partial charge in [0, 0.05) is 32.4 Å². The molecule has 0 fully saturated rings. The predicted molar refractivity (Wildman–Crippen MR) is 172 cm³/mol. The van der Waals surface area contributed by atoms with Gasteiger partial charge in [-0.05, 0) is 33.9 Å². The quantitative estimate of drug-likeness (QED) is 0.205. The van der Waals surface area contributed by atoms with E-state index in [1.165, 1.54) is 16.7 Å². The van der Waals surface area contributed by atoms with Crippen LogP contribution in [-0.2, 0) is 9.98 Å². The predicted octanol–water partition coefficient (Wildman–Crippen LogP) is 8.42. The van der Waals surface area contributed by atoms with Crippen molar-refractivity contribution in [2.75, 3.05) is 0 Å². The van der Waals surface area contributed by atoms with E-state index in [2.05, 4.69) is 84.9 Å². The highest BCUT2D eigenvalue weighted by Gasteiger charge is 2.55. The first-order valence-electron chi connectivity index (χ1n) is 14.3. The van der Waals surface area contributed by atoms with Crippen LogP contribution in [0.1, 0.15) is 22.3 Å². The summed E-state index contributed by atoms with van der Waals surface area (Å²) >= 11 is 0. The molecule has 0 radical (unpaired) electrons. The van der Waals surface area contributed by atoms with Gasteiger partial charge in [-0.25, -0.2) is 0 Å². The van der Waals surface area contributed by atoms with Crippen molar-refractivity contribution in [3.8, 4) is 22.5 Å². The van der Waals surface area contributed by atoms with E-state index < -0.39 is 12.6 Å². The zero-order valence-electron chi connectivity index (χ0n) is 22.7. The van der Waals surface area contributed by atoms with Crippen molar-refractivity contribution in [3.63, 3.8) is 0 Å². The average Bonchev–Trinajstić information content (AvgIpc) is 3.69. The second kappa shape index (κ2) is 8.55. The van der Waals surface area contributed by atoms with Gasteiger partial charge in [-0.15, -0.1) is 0 Å². The molecule has 198 valence electrons. The highest BCUT2D eigenvalue weighted by atomic mass is 31.2. The summed E-state index contributed by atoms with van der Waals surface area (Å²) in [5.41, 5.74) is 8.37. The van der Waals surface area contributed by atoms with E-state index in [1.54, 1.807) is 0 Å². The molecule has 9 rings (SSSR count). The minimum Gasteiger partial charge on any atom is -0.456 e. The van der Waals surface area contributed by atoms with Crippen LogP contribution in [0.4, 0.5) is 0 Å². The molecule has 1 heterocycles. The molecule has 0 saturated heterocycles. The van der Waals surface area contributed by atoms with Crippen LogP contribution in [0.2, 0.25) is 0 Å². The molecule has 6 aromatic carbocycles. The van der Waals surface area contributed by atoms with Gasteiger partial charge in [-0.1, -0.05) is 146 Å². The van der Waals surface area contributed by atoms with Gasteiger partial charge in [0.2, 0.25) is 0 Å². The molecule has 0 bridgehead atoms. The van der Waals surface area contributed by atoms with Gasteiger partial charge in [0.25, 0.3) is 0 Å². The molecule has 0 saturated carbocycles. The molecule has 1 spiro atoms. The number of rotatable bonds is 3. The first-order valence-corrected chi connectivity index (χ1v) is 16.0. The molecule has 2 aliphatic carbocycles. The van der Waals surface area contributed by atoms with Crippen molar-refractivity contribution in [2.45, 2.75) is 5.41 Å². The smallest absolute Gasteiger partial charge is 0.171 e. The Bertz CT molecular complexity index is 2190. The summed E-state index contributed by atoms with van der Waals surface area (Å²) in [6, 6.07) is 52.1. The lowest BCUT2D eigenvalue weighted by atomic mass is 9.70. The van der Waals surface area contributed by atoms with Crippen LogP contribution in [0.3, 0.4) is 0 Å². The van der Waals surface area contributed by atoms with Gasteiger partial charge in [-0.2, -0.15) is 0 Å².